The van der Waals surface area contributed by atoms with E-state index in [1.165, 1.54) is 19.3 Å². The van der Waals surface area contributed by atoms with Crippen LogP contribution in [0.25, 0.3) is 0 Å². The van der Waals surface area contributed by atoms with Gasteiger partial charge in [-0.05, 0) is 57.2 Å². The fourth-order valence-electron chi connectivity index (χ4n) is 4.76. The number of benzene rings is 2. The Morgan fingerprint density at radius 1 is 1.27 bits per heavy atom. The van der Waals surface area contributed by atoms with E-state index in [2.05, 4.69) is 5.32 Å². The standard InChI is InChI=1S/C26H28ClF2N3O7S/c1-14-13-38-26(34,17-7-18(28)9-19(29)8-17)15(2)32(14)16(3)39-25(33)21-10-24(40(30,35)36)22(27)11-23(21)31-12-20-5-4-6-37-20/h4-11,14-16,31,34H,12-13H2,1-3H3,(H2,30,35,36)/t14-,15+,16?,26-/m1/s1. The molecule has 3 aromatic rings. The van der Waals surface area contributed by atoms with E-state index >= 15 is 0 Å². The summed E-state index contributed by atoms with van der Waals surface area (Å²) in [5.74, 6) is -4.32. The quantitative estimate of drug-likeness (QED) is 0.328. The minimum atomic E-state index is -4.29. The van der Waals surface area contributed by atoms with Crippen LogP contribution in [0.15, 0.2) is 58.0 Å². The van der Waals surface area contributed by atoms with Gasteiger partial charge in [0, 0.05) is 17.7 Å². The van der Waals surface area contributed by atoms with Crippen molar-refractivity contribution < 1.29 is 41.0 Å². The Hall–Kier alpha value is -3.07. The summed E-state index contributed by atoms with van der Waals surface area (Å²) in [6.07, 6.45) is 0.451. The number of nitrogens with zero attached hydrogens (tertiary/aromatic N) is 1. The third kappa shape index (κ3) is 6.14. The normalized spacial score (nSPS) is 22.6. The fourth-order valence-corrected chi connectivity index (χ4v) is 5.86. The zero-order valence-corrected chi connectivity index (χ0v) is 23.3. The first kappa shape index (κ1) is 29.9. The molecule has 1 saturated heterocycles. The number of carbonyl (C=O) groups excluding carboxylic acids is 1. The first-order valence-electron chi connectivity index (χ1n) is 12.1. The van der Waals surface area contributed by atoms with Gasteiger partial charge in [-0.3, -0.25) is 4.90 Å². The molecule has 0 spiro atoms. The number of rotatable bonds is 8. The third-order valence-electron chi connectivity index (χ3n) is 6.67. The van der Waals surface area contributed by atoms with Crippen molar-refractivity contribution in [1.29, 1.82) is 0 Å². The average molecular weight is 600 g/mol. The summed E-state index contributed by atoms with van der Waals surface area (Å²) in [5.41, 5.74) is -0.170. The highest BCUT2D eigenvalue weighted by Gasteiger charge is 2.48. The number of hydrogen-bond acceptors (Lipinski definition) is 9. The second kappa shape index (κ2) is 11.4. The Balaban J connectivity index is 1.63. The van der Waals surface area contributed by atoms with Gasteiger partial charge in [-0.1, -0.05) is 11.6 Å². The lowest BCUT2D eigenvalue weighted by Gasteiger charge is -2.50. The van der Waals surface area contributed by atoms with Crippen molar-refractivity contribution in [3.05, 3.63) is 82.3 Å². The first-order valence-corrected chi connectivity index (χ1v) is 14.1. The Kier molecular flexibility index (Phi) is 8.54. The highest BCUT2D eigenvalue weighted by atomic mass is 35.5. The fraction of sp³-hybridized carbons (Fsp3) is 0.346. The molecule has 1 aliphatic heterocycles. The zero-order chi connectivity index (χ0) is 29.4. The lowest BCUT2D eigenvalue weighted by Crippen LogP contribution is -2.63. The molecule has 1 fully saturated rings. The molecule has 4 atom stereocenters. The van der Waals surface area contributed by atoms with Crippen molar-refractivity contribution >= 4 is 33.3 Å². The van der Waals surface area contributed by atoms with Crippen LogP contribution in [0.3, 0.4) is 0 Å². The van der Waals surface area contributed by atoms with Crippen molar-refractivity contribution in [3.8, 4) is 0 Å². The molecule has 0 saturated carbocycles. The van der Waals surface area contributed by atoms with Gasteiger partial charge in [-0.2, -0.15) is 0 Å². The number of carbonyl (C=O) groups is 1. The molecule has 0 aliphatic carbocycles. The number of esters is 1. The highest BCUT2D eigenvalue weighted by Crippen LogP contribution is 2.37. The largest absolute Gasteiger partial charge is 0.467 e. The summed E-state index contributed by atoms with van der Waals surface area (Å²) in [6.45, 7) is 4.93. The summed E-state index contributed by atoms with van der Waals surface area (Å²) in [5, 5.41) is 19.4. The molecule has 4 rings (SSSR count). The average Bonchev–Trinajstić information content (AvgIpc) is 3.37. The van der Waals surface area contributed by atoms with Crippen LogP contribution in [0, 0.1) is 11.6 Å². The maximum atomic E-state index is 13.9. The maximum Gasteiger partial charge on any atom is 0.341 e. The van der Waals surface area contributed by atoms with Crippen LogP contribution in [0.5, 0.6) is 0 Å². The maximum absolute atomic E-state index is 13.9. The molecule has 4 N–H and O–H groups in total. The topological polar surface area (TPSA) is 144 Å². The van der Waals surface area contributed by atoms with E-state index in [1.807, 2.05) is 0 Å². The molecule has 0 amide bonds. The van der Waals surface area contributed by atoms with Crippen LogP contribution >= 0.6 is 11.6 Å². The highest BCUT2D eigenvalue weighted by molar-refractivity contribution is 7.89. The molecule has 1 aromatic heterocycles. The number of primary sulfonamides is 1. The van der Waals surface area contributed by atoms with Crippen molar-refractivity contribution in [2.45, 2.75) is 56.3 Å². The molecule has 1 aliphatic rings. The smallest absolute Gasteiger partial charge is 0.341 e. The Morgan fingerprint density at radius 3 is 2.55 bits per heavy atom. The lowest BCUT2D eigenvalue weighted by atomic mass is 9.94. The van der Waals surface area contributed by atoms with E-state index in [-0.39, 0.29) is 35.0 Å². The third-order valence-corrected chi connectivity index (χ3v) is 8.05. The van der Waals surface area contributed by atoms with E-state index in [1.54, 1.807) is 30.9 Å². The van der Waals surface area contributed by atoms with Crippen molar-refractivity contribution in [3.63, 3.8) is 0 Å². The summed E-state index contributed by atoms with van der Waals surface area (Å²) >= 11 is 6.15. The summed E-state index contributed by atoms with van der Waals surface area (Å²) < 4.78 is 68.7. The Labute approximate surface area is 234 Å². The van der Waals surface area contributed by atoms with Gasteiger partial charge in [0.05, 0.1) is 41.7 Å². The van der Waals surface area contributed by atoms with Gasteiger partial charge in [-0.15, -0.1) is 0 Å². The number of nitrogens with two attached hydrogens (primary N) is 1. The molecule has 0 radical (unpaired) electrons. The molecule has 1 unspecified atom stereocenters. The van der Waals surface area contributed by atoms with E-state index in [9.17, 15) is 27.1 Å². The number of nitrogens with one attached hydrogen (secondary N) is 1. The lowest BCUT2D eigenvalue weighted by molar-refractivity contribution is -0.301. The number of sulfonamides is 1. The molecule has 40 heavy (non-hydrogen) atoms. The van der Waals surface area contributed by atoms with E-state index in [4.69, 9.17) is 30.6 Å². The molecule has 216 valence electrons. The van der Waals surface area contributed by atoms with Crippen LogP contribution in [-0.2, 0) is 31.8 Å². The molecule has 10 nitrogen and oxygen atoms in total. The first-order chi connectivity index (χ1) is 18.7. The van der Waals surface area contributed by atoms with Gasteiger partial charge >= 0.3 is 5.97 Å². The van der Waals surface area contributed by atoms with Crippen molar-refractivity contribution in [2.75, 3.05) is 11.9 Å². The van der Waals surface area contributed by atoms with Gasteiger partial charge < -0.3 is 24.3 Å². The molecular weight excluding hydrogens is 572 g/mol. The Bertz CT molecular complexity index is 1490. The minimum Gasteiger partial charge on any atom is -0.467 e. The van der Waals surface area contributed by atoms with Gasteiger partial charge in [0.25, 0.3) is 0 Å². The number of aliphatic hydroxyl groups is 1. The van der Waals surface area contributed by atoms with Gasteiger partial charge in [0.2, 0.25) is 15.8 Å². The molecule has 2 aromatic carbocycles. The van der Waals surface area contributed by atoms with Crippen LogP contribution in [0.2, 0.25) is 5.02 Å². The number of anilines is 1. The number of hydrogen-bond donors (Lipinski definition) is 3. The number of ether oxygens (including phenoxy) is 2. The Morgan fingerprint density at radius 2 is 1.95 bits per heavy atom. The second-order valence-corrected chi connectivity index (χ2v) is 11.4. The van der Waals surface area contributed by atoms with E-state index in [0.29, 0.717) is 11.8 Å². The predicted molar refractivity (Wildman–Crippen MR) is 141 cm³/mol. The van der Waals surface area contributed by atoms with Gasteiger partial charge in [-0.25, -0.2) is 27.1 Å². The van der Waals surface area contributed by atoms with E-state index in [0.717, 1.165) is 18.2 Å². The molecule has 14 heteroatoms. The summed E-state index contributed by atoms with van der Waals surface area (Å²) in [4.78, 5) is 14.5. The van der Waals surface area contributed by atoms with Gasteiger partial charge in [0.1, 0.15) is 22.3 Å². The predicted octanol–water partition coefficient (Wildman–Crippen LogP) is 3.93. The van der Waals surface area contributed by atoms with Crippen molar-refractivity contribution in [1.82, 2.24) is 4.90 Å². The monoisotopic (exact) mass is 599 g/mol. The summed E-state index contributed by atoms with van der Waals surface area (Å²) in [6, 6.07) is 6.87. The molecular formula is C26H28ClF2N3O7S. The molecule has 2 heterocycles. The van der Waals surface area contributed by atoms with Crippen LogP contribution in [-0.4, -0.2) is 49.3 Å². The number of morpholine rings is 1. The van der Waals surface area contributed by atoms with Crippen molar-refractivity contribution in [2.24, 2.45) is 5.14 Å². The number of halogens is 3. The summed E-state index contributed by atoms with van der Waals surface area (Å²) in [7, 11) is -4.29. The number of furan rings is 1. The van der Waals surface area contributed by atoms with Crippen LogP contribution < -0.4 is 10.5 Å². The zero-order valence-electron chi connectivity index (χ0n) is 21.7. The van der Waals surface area contributed by atoms with Crippen LogP contribution in [0.4, 0.5) is 14.5 Å². The molecule has 0 bridgehead atoms. The second-order valence-electron chi connectivity index (χ2n) is 9.45. The SMILES string of the molecule is CC(OC(=O)c1cc(S(N)(=O)=O)c(Cl)cc1NCc1ccco1)N1[C@H](C)CO[C@@](O)(c2cc(F)cc(F)c2)[C@@H]1C. The van der Waals surface area contributed by atoms with Gasteiger partial charge in [0.15, 0.2) is 6.23 Å². The van der Waals surface area contributed by atoms with Crippen LogP contribution in [0.1, 0.15) is 42.5 Å². The van der Waals surface area contributed by atoms with E-state index < -0.39 is 56.6 Å². The minimum absolute atomic E-state index is 0.0622.